The topological polar surface area (TPSA) is 46.3 Å². The second-order valence-corrected chi connectivity index (χ2v) is 4.99. The van der Waals surface area contributed by atoms with Crippen LogP contribution in [0.5, 0.6) is 0 Å². The number of hydrogen-bond acceptors (Lipinski definition) is 2. The lowest BCUT2D eigenvalue weighted by atomic mass is 9.85. The van der Waals surface area contributed by atoms with Gasteiger partial charge in [0.2, 0.25) is 5.91 Å². The van der Waals surface area contributed by atoms with Crippen LogP contribution in [0.2, 0.25) is 0 Å². The molecule has 4 heteroatoms. The van der Waals surface area contributed by atoms with Gasteiger partial charge in [0, 0.05) is 24.7 Å². The highest BCUT2D eigenvalue weighted by Crippen LogP contribution is 2.26. The van der Waals surface area contributed by atoms with Crippen molar-refractivity contribution in [2.24, 2.45) is 11.7 Å². The largest absolute Gasteiger partial charge is 0.328 e. The zero-order valence-corrected chi connectivity index (χ0v) is 10.6. The highest BCUT2D eigenvalue weighted by molar-refractivity contribution is 5.94. The van der Waals surface area contributed by atoms with E-state index in [1.54, 1.807) is 24.1 Å². The van der Waals surface area contributed by atoms with Crippen LogP contribution in [-0.2, 0) is 4.79 Å². The van der Waals surface area contributed by atoms with Crippen LogP contribution in [0.15, 0.2) is 24.3 Å². The summed E-state index contributed by atoms with van der Waals surface area (Å²) >= 11 is 0. The second kappa shape index (κ2) is 5.48. The maximum atomic E-state index is 13.1. The minimum atomic E-state index is -0.321. The lowest BCUT2D eigenvalue weighted by molar-refractivity contribution is -0.123. The van der Waals surface area contributed by atoms with Crippen molar-refractivity contribution >= 4 is 11.6 Å². The molecule has 1 fully saturated rings. The van der Waals surface area contributed by atoms with E-state index in [4.69, 9.17) is 5.73 Å². The Morgan fingerprint density at radius 3 is 2.61 bits per heavy atom. The van der Waals surface area contributed by atoms with E-state index >= 15 is 0 Å². The van der Waals surface area contributed by atoms with E-state index in [2.05, 4.69) is 0 Å². The summed E-state index contributed by atoms with van der Waals surface area (Å²) in [4.78, 5) is 13.8. The van der Waals surface area contributed by atoms with Crippen LogP contribution in [0.25, 0.3) is 0 Å². The van der Waals surface area contributed by atoms with E-state index in [0.29, 0.717) is 5.69 Å². The summed E-state index contributed by atoms with van der Waals surface area (Å²) in [7, 11) is 1.70. The third-order valence-corrected chi connectivity index (χ3v) is 3.65. The number of benzene rings is 1. The molecule has 1 aliphatic carbocycles. The van der Waals surface area contributed by atoms with Gasteiger partial charge in [-0.1, -0.05) is 6.07 Å². The molecular weight excluding hydrogens is 231 g/mol. The molecule has 0 aromatic heterocycles. The van der Waals surface area contributed by atoms with Crippen molar-refractivity contribution in [1.29, 1.82) is 0 Å². The summed E-state index contributed by atoms with van der Waals surface area (Å²) in [6, 6.07) is 6.35. The molecule has 1 aliphatic rings. The van der Waals surface area contributed by atoms with E-state index in [0.717, 1.165) is 25.7 Å². The van der Waals surface area contributed by atoms with Crippen LogP contribution in [0.4, 0.5) is 10.1 Å². The summed E-state index contributed by atoms with van der Waals surface area (Å²) in [5, 5.41) is 0. The van der Waals surface area contributed by atoms with Crippen molar-refractivity contribution in [3.05, 3.63) is 30.1 Å². The molecule has 0 bridgehead atoms. The van der Waals surface area contributed by atoms with E-state index in [-0.39, 0.29) is 23.7 Å². The summed E-state index contributed by atoms with van der Waals surface area (Å²) in [5.74, 6) is -0.233. The Bertz CT molecular complexity index is 428. The fraction of sp³-hybridized carbons (Fsp3) is 0.500. The highest BCUT2D eigenvalue weighted by atomic mass is 19.1. The number of anilines is 1. The first-order valence-electron chi connectivity index (χ1n) is 6.36. The molecule has 0 heterocycles. The van der Waals surface area contributed by atoms with Crippen molar-refractivity contribution in [3.8, 4) is 0 Å². The number of hydrogen-bond donors (Lipinski definition) is 1. The molecule has 1 aromatic rings. The third-order valence-electron chi connectivity index (χ3n) is 3.65. The molecule has 0 saturated heterocycles. The van der Waals surface area contributed by atoms with Gasteiger partial charge in [-0.2, -0.15) is 0 Å². The molecule has 98 valence electrons. The lowest BCUT2D eigenvalue weighted by Gasteiger charge is -2.29. The monoisotopic (exact) mass is 250 g/mol. The molecule has 0 radical (unpaired) electrons. The average Bonchev–Trinajstić information content (AvgIpc) is 2.38. The van der Waals surface area contributed by atoms with Crippen LogP contribution in [0.3, 0.4) is 0 Å². The minimum Gasteiger partial charge on any atom is -0.328 e. The van der Waals surface area contributed by atoms with Crippen molar-refractivity contribution in [2.75, 3.05) is 11.9 Å². The van der Waals surface area contributed by atoms with Crippen LogP contribution in [-0.4, -0.2) is 19.0 Å². The molecule has 3 nitrogen and oxygen atoms in total. The van der Waals surface area contributed by atoms with Crippen LogP contribution < -0.4 is 10.6 Å². The normalized spacial score (nSPS) is 23.7. The van der Waals surface area contributed by atoms with Crippen molar-refractivity contribution < 1.29 is 9.18 Å². The molecule has 0 atom stereocenters. The Morgan fingerprint density at radius 1 is 1.33 bits per heavy atom. The van der Waals surface area contributed by atoms with Crippen molar-refractivity contribution in [2.45, 2.75) is 31.7 Å². The van der Waals surface area contributed by atoms with Gasteiger partial charge in [-0.3, -0.25) is 4.79 Å². The predicted octanol–water partition coefficient (Wildman–Crippen LogP) is 2.31. The van der Waals surface area contributed by atoms with Gasteiger partial charge in [0.05, 0.1) is 0 Å². The summed E-state index contributed by atoms with van der Waals surface area (Å²) in [6.45, 7) is 0. The van der Waals surface area contributed by atoms with Gasteiger partial charge in [0.25, 0.3) is 0 Å². The van der Waals surface area contributed by atoms with E-state index in [1.807, 2.05) is 0 Å². The molecule has 2 rings (SSSR count). The maximum absolute atomic E-state index is 13.1. The quantitative estimate of drug-likeness (QED) is 0.875. The van der Waals surface area contributed by atoms with Crippen LogP contribution >= 0.6 is 0 Å². The minimum absolute atomic E-state index is 0.0260. The first-order valence-corrected chi connectivity index (χ1v) is 6.36. The van der Waals surface area contributed by atoms with Crippen molar-refractivity contribution in [3.63, 3.8) is 0 Å². The summed E-state index contributed by atoms with van der Waals surface area (Å²) in [6.07, 6.45) is 3.46. The predicted molar refractivity (Wildman–Crippen MR) is 69.7 cm³/mol. The Morgan fingerprint density at radius 2 is 2.00 bits per heavy atom. The van der Waals surface area contributed by atoms with Gasteiger partial charge in [0.15, 0.2) is 0 Å². The fourth-order valence-corrected chi connectivity index (χ4v) is 2.45. The average molecular weight is 250 g/mol. The van der Waals surface area contributed by atoms with Gasteiger partial charge in [-0.05, 0) is 43.9 Å². The Hall–Kier alpha value is -1.42. The van der Waals surface area contributed by atoms with Crippen LogP contribution in [0.1, 0.15) is 25.7 Å². The molecule has 1 amide bonds. The Kier molecular flexibility index (Phi) is 3.97. The maximum Gasteiger partial charge on any atom is 0.229 e. The number of rotatable bonds is 2. The van der Waals surface area contributed by atoms with Gasteiger partial charge >= 0.3 is 0 Å². The second-order valence-electron chi connectivity index (χ2n) is 4.99. The van der Waals surface area contributed by atoms with E-state index in [1.165, 1.54) is 12.1 Å². The van der Waals surface area contributed by atoms with E-state index < -0.39 is 0 Å². The number of carbonyl (C=O) groups is 1. The molecular formula is C14H19FN2O. The summed E-state index contributed by atoms with van der Waals surface area (Å²) in [5.41, 5.74) is 6.44. The van der Waals surface area contributed by atoms with Gasteiger partial charge in [0.1, 0.15) is 5.82 Å². The molecule has 1 aromatic carbocycles. The standard InChI is InChI=1S/C14H19FN2O/c1-17(13-4-2-3-11(15)9-13)14(18)10-5-7-12(16)8-6-10/h2-4,9-10,12H,5-8,16H2,1H3. The SMILES string of the molecule is CN(C(=O)C1CCC(N)CC1)c1cccc(F)c1. The van der Waals surface area contributed by atoms with Gasteiger partial charge in [-0.25, -0.2) is 4.39 Å². The van der Waals surface area contributed by atoms with Gasteiger partial charge < -0.3 is 10.6 Å². The summed E-state index contributed by atoms with van der Waals surface area (Å²) < 4.78 is 13.1. The molecule has 2 N–H and O–H groups in total. The van der Waals surface area contributed by atoms with Crippen molar-refractivity contribution in [1.82, 2.24) is 0 Å². The fourth-order valence-electron chi connectivity index (χ4n) is 2.45. The highest BCUT2D eigenvalue weighted by Gasteiger charge is 2.27. The zero-order valence-electron chi connectivity index (χ0n) is 10.6. The number of carbonyl (C=O) groups excluding carboxylic acids is 1. The van der Waals surface area contributed by atoms with Crippen LogP contribution in [0, 0.1) is 11.7 Å². The van der Waals surface area contributed by atoms with Gasteiger partial charge in [-0.15, -0.1) is 0 Å². The Labute approximate surface area is 107 Å². The molecule has 1 saturated carbocycles. The molecule has 0 aliphatic heterocycles. The first kappa shape index (κ1) is 13.0. The first-order chi connectivity index (χ1) is 8.58. The molecule has 0 spiro atoms. The molecule has 0 unspecified atom stereocenters. The zero-order chi connectivity index (χ0) is 13.1. The lowest BCUT2D eigenvalue weighted by Crippen LogP contribution is -2.37. The third kappa shape index (κ3) is 2.88. The molecule has 18 heavy (non-hydrogen) atoms. The van der Waals surface area contributed by atoms with E-state index in [9.17, 15) is 9.18 Å². The smallest absolute Gasteiger partial charge is 0.229 e. The number of amides is 1. The Balaban J connectivity index is 2.04. The number of nitrogens with two attached hydrogens (primary N) is 1. The number of halogens is 1. The number of nitrogens with zero attached hydrogens (tertiary/aromatic N) is 1.